The Labute approximate surface area is 161 Å². The molecule has 0 unspecified atom stereocenters. The molecular formula is C18H16ClN5O2S. The van der Waals surface area contributed by atoms with E-state index in [4.69, 9.17) is 17.3 Å². The highest BCUT2D eigenvalue weighted by molar-refractivity contribution is 7.90. The molecule has 0 saturated heterocycles. The van der Waals surface area contributed by atoms with E-state index in [1.165, 1.54) is 18.3 Å². The number of nitrogens with zero attached hydrogens (tertiary/aromatic N) is 3. The lowest BCUT2D eigenvalue weighted by Gasteiger charge is -2.06. The quantitative estimate of drug-likeness (QED) is 0.542. The Balaban J connectivity index is 0.00000225. The van der Waals surface area contributed by atoms with E-state index in [0.29, 0.717) is 22.2 Å². The van der Waals surface area contributed by atoms with Crippen molar-refractivity contribution in [3.05, 3.63) is 53.7 Å². The van der Waals surface area contributed by atoms with Gasteiger partial charge in [-0.05, 0) is 30.3 Å². The molecule has 0 atom stereocenters. The number of H-pyrrole nitrogens is 1. The minimum atomic E-state index is -3.26. The van der Waals surface area contributed by atoms with Gasteiger partial charge in [-0.1, -0.05) is 23.7 Å². The SMILES string of the molecule is CS(=O)(=O)c1ccc(-c2cnc(N)c(-c3nc4ccc(Cl)cc4[nH]3)n2)cc1.[HH]. The molecule has 0 aliphatic heterocycles. The van der Waals surface area contributed by atoms with Crippen LogP contribution in [0.4, 0.5) is 5.82 Å². The average Bonchev–Trinajstić information content (AvgIpc) is 3.04. The normalized spacial score (nSPS) is 11.8. The first-order valence-electron chi connectivity index (χ1n) is 7.90. The van der Waals surface area contributed by atoms with Gasteiger partial charge in [-0.2, -0.15) is 0 Å². The molecule has 2 aromatic carbocycles. The molecule has 4 rings (SSSR count). The Bertz CT molecular complexity index is 1270. The van der Waals surface area contributed by atoms with Gasteiger partial charge in [-0.25, -0.2) is 23.4 Å². The van der Waals surface area contributed by atoms with Gasteiger partial charge < -0.3 is 10.7 Å². The van der Waals surface area contributed by atoms with Crippen molar-refractivity contribution in [2.45, 2.75) is 4.90 Å². The van der Waals surface area contributed by atoms with Gasteiger partial charge in [-0.15, -0.1) is 0 Å². The zero-order chi connectivity index (χ0) is 19.2. The van der Waals surface area contributed by atoms with E-state index in [1.807, 2.05) is 0 Å². The molecule has 27 heavy (non-hydrogen) atoms. The standard InChI is InChI=1S/C18H14ClN5O2S.H2/c1-27(25,26)12-5-2-10(3-6-12)15-9-21-17(20)16(22-15)18-23-13-7-4-11(19)8-14(13)24-18;/h2-9H,1H3,(H2,20,21)(H,23,24);1H. The summed E-state index contributed by atoms with van der Waals surface area (Å²) >= 11 is 6.01. The first-order chi connectivity index (χ1) is 12.8. The Morgan fingerprint density at radius 3 is 2.56 bits per heavy atom. The second kappa shape index (κ2) is 6.33. The largest absolute Gasteiger partial charge is 0.382 e. The minimum absolute atomic E-state index is 0. The highest BCUT2D eigenvalue weighted by Crippen LogP contribution is 2.27. The maximum atomic E-state index is 11.6. The lowest BCUT2D eigenvalue weighted by molar-refractivity contribution is 0.602. The summed E-state index contributed by atoms with van der Waals surface area (Å²) in [4.78, 5) is 16.6. The number of sulfone groups is 1. The van der Waals surface area contributed by atoms with Crippen LogP contribution < -0.4 is 5.73 Å². The van der Waals surface area contributed by atoms with Crippen LogP contribution in [0.3, 0.4) is 0 Å². The van der Waals surface area contributed by atoms with Crippen molar-refractivity contribution in [1.29, 1.82) is 0 Å². The molecule has 7 nitrogen and oxygen atoms in total. The van der Waals surface area contributed by atoms with E-state index in [1.54, 1.807) is 30.3 Å². The fourth-order valence-corrected chi connectivity index (χ4v) is 3.48. The molecular weight excluding hydrogens is 386 g/mol. The van der Waals surface area contributed by atoms with Gasteiger partial charge in [0.25, 0.3) is 0 Å². The number of hydrogen-bond acceptors (Lipinski definition) is 6. The van der Waals surface area contributed by atoms with Gasteiger partial charge in [0.2, 0.25) is 0 Å². The Morgan fingerprint density at radius 1 is 1.11 bits per heavy atom. The maximum absolute atomic E-state index is 11.6. The summed E-state index contributed by atoms with van der Waals surface area (Å²) < 4.78 is 23.2. The molecule has 2 aromatic heterocycles. The summed E-state index contributed by atoms with van der Waals surface area (Å²) in [7, 11) is -3.26. The Morgan fingerprint density at radius 2 is 1.85 bits per heavy atom. The summed E-state index contributed by atoms with van der Waals surface area (Å²) in [6.45, 7) is 0. The number of benzene rings is 2. The van der Waals surface area contributed by atoms with Gasteiger partial charge >= 0.3 is 0 Å². The van der Waals surface area contributed by atoms with Crippen LogP contribution in [0.25, 0.3) is 33.8 Å². The number of hydrogen-bond donors (Lipinski definition) is 2. The molecule has 0 aliphatic rings. The van der Waals surface area contributed by atoms with E-state index in [2.05, 4.69) is 19.9 Å². The van der Waals surface area contributed by atoms with E-state index < -0.39 is 9.84 Å². The van der Waals surface area contributed by atoms with Crippen LogP contribution >= 0.6 is 11.6 Å². The van der Waals surface area contributed by atoms with Crippen molar-refractivity contribution in [3.63, 3.8) is 0 Å². The second-order valence-corrected chi connectivity index (χ2v) is 8.48. The highest BCUT2D eigenvalue weighted by atomic mass is 35.5. The number of aromatic nitrogens is 4. The average molecular weight is 402 g/mol. The van der Waals surface area contributed by atoms with Gasteiger partial charge in [0.1, 0.15) is 5.69 Å². The first-order valence-corrected chi connectivity index (χ1v) is 10.2. The van der Waals surface area contributed by atoms with Crippen LogP contribution in [0.1, 0.15) is 1.43 Å². The Kier molecular flexibility index (Phi) is 4.09. The molecule has 2 heterocycles. The van der Waals surface area contributed by atoms with Crippen molar-refractivity contribution < 1.29 is 9.84 Å². The summed E-state index contributed by atoms with van der Waals surface area (Å²) in [6, 6.07) is 11.7. The van der Waals surface area contributed by atoms with Crippen LogP contribution in [0, 0.1) is 0 Å². The number of imidazole rings is 1. The number of fused-ring (bicyclic) bond motifs is 1. The van der Waals surface area contributed by atoms with E-state index in [9.17, 15) is 8.42 Å². The third-order valence-electron chi connectivity index (χ3n) is 4.05. The van der Waals surface area contributed by atoms with Crippen LogP contribution in [-0.4, -0.2) is 34.6 Å². The van der Waals surface area contributed by atoms with Crippen molar-refractivity contribution >= 4 is 38.3 Å². The lowest BCUT2D eigenvalue weighted by atomic mass is 10.1. The molecule has 0 bridgehead atoms. The molecule has 3 N–H and O–H groups in total. The first kappa shape index (κ1) is 17.4. The topological polar surface area (TPSA) is 115 Å². The monoisotopic (exact) mass is 401 g/mol. The third kappa shape index (κ3) is 3.36. The molecule has 0 aliphatic carbocycles. The highest BCUT2D eigenvalue weighted by Gasteiger charge is 2.14. The fourth-order valence-electron chi connectivity index (χ4n) is 2.68. The molecule has 0 spiro atoms. The molecule has 0 fully saturated rings. The summed E-state index contributed by atoms with van der Waals surface area (Å²) in [5.41, 5.74) is 9.17. The number of nitrogens with two attached hydrogens (primary N) is 1. The van der Waals surface area contributed by atoms with E-state index in [0.717, 1.165) is 22.9 Å². The van der Waals surface area contributed by atoms with Crippen LogP contribution in [-0.2, 0) is 9.84 Å². The third-order valence-corrected chi connectivity index (χ3v) is 5.41. The fraction of sp³-hybridized carbons (Fsp3) is 0.0556. The minimum Gasteiger partial charge on any atom is -0.382 e. The number of anilines is 1. The smallest absolute Gasteiger partial charge is 0.175 e. The van der Waals surface area contributed by atoms with Gasteiger partial charge in [0.15, 0.2) is 21.5 Å². The predicted molar refractivity (Wildman–Crippen MR) is 107 cm³/mol. The van der Waals surface area contributed by atoms with Crippen LogP contribution in [0.15, 0.2) is 53.6 Å². The number of aromatic amines is 1. The zero-order valence-corrected chi connectivity index (χ0v) is 15.7. The van der Waals surface area contributed by atoms with E-state index in [-0.39, 0.29) is 12.1 Å². The summed E-state index contributed by atoms with van der Waals surface area (Å²) in [5.74, 6) is 0.712. The van der Waals surface area contributed by atoms with Crippen molar-refractivity contribution in [1.82, 2.24) is 19.9 Å². The van der Waals surface area contributed by atoms with E-state index >= 15 is 0 Å². The molecule has 4 aromatic rings. The maximum Gasteiger partial charge on any atom is 0.175 e. The number of halogens is 1. The van der Waals surface area contributed by atoms with Gasteiger partial charge in [-0.3, -0.25) is 0 Å². The molecule has 0 saturated carbocycles. The predicted octanol–water partition coefficient (Wildman–Crippen LogP) is 3.57. The van der Waals surface area contributed by atoms with Crippen LogP contribution in [0.2, 0.25) is 5.02 Å². The zero-order valence-electron chi connectivity index (χ0n) is 14.1. The number of nitrogen functional groups attached to an aromatic ring is 1. The molecule has 0 radical (unpaired) electrons. The summed E-state index contributed by atoms with van der Waals surface area (Å²) in [6.07, 6.45) is 2.70. The van der Waals surface area contributed by atoms with Gasteiger partial charge in [0.05, 0.1) is 27.8 Å². The van der Waals surface area contributed by atoms with Crippen molar-refractivity contribution in [2.75, 3.05) is 12.0 Å². The summed E-state index contributed by atoms with van der Waals surface area (Å²) in [5, 5.41) is 0.594. The number of rotatable bonds is 3. The molecule has 0 amide bonds. The molecule has 9 heteroatoms. The van der Waals surface area contributed by atoms with Crippen molar-refractivity contribution in [2.24, 2.45) is 0 Å². The number of nitrogens with one attached hydrogen (secondary N) is 1. The van der Waals surface area contributed by atoms with Crippen molar-refractivity contribution in [3.8, 4) is 22.8 Å². The lowest BCUT2D eigenvalue weighted by Crippen LogP contribution is -2.00. The molecule has 138 valence electrons. The van der Waals surface area contributed by atoms with Crippen LogP contribution in [0.5, 0.6) is 0 Å². The second-order valence-electron chi connectivity index (χ2n) is 6.03. The van der Waals surface area contributed by atoms with Gasteiger partial charge in [0, 0.05) is 18.3 Å². The Hall–Kier alpha value is -2.97.